The lowest BCUT2D eigenvalue weighted by molar-refractivity contribution is -0.120. The summed E-state index contributed by atoms with van der Waals surface area (Å²) in [6, 6.07) is 5.97. The van der Waals surface area contributed by atoms with Crippen LogP contribution in [0, 0.1) is 0 Å². The fraction of sp³-hybridized carbons (Fsp3) is 0.533. The molecule has 0 saturated carbocycles. The maximum atomic E-state index is 12.8. The fourth-order valence-electron chi connectivity index (χ4n) is 2.91. The largest absolute Gasteiger partial charge is 0.495 e. The molecule has 0 aliphatic carbocycles. The lowest BCUT2D eigenvalue weighted by Crippen LogP contribution is -2.52. The molecular formula is C15H20N2O2S. The lowest BCUT2D eigenvalue weighted by Gasteiger charge is -2.34. The van der Waals surface area contributed by atoms with Crippen molar-refractivity contribution >= 4 is 23.4 Å². The minimum absolute atomic E-state index is 0.0652. The first-order chi connectivity index (χ1) is 9.81. The molecule has 1 atom stereocenters. The zero-order valence-corrected chi connectivity index (χ0v) is 12.5. The Hall–Kier alpha value is -1.20. The molecule has 1 N–H and O–H groups in total. The Morgan fingerprint density at radius 3 is 3.15 bits per heavy atom. The van der Waals surface area contributed by atoms with Crippen molar-refractivity contribution in [3.05, 3.63) is 23.8 Å². The van der Waals surface area contributed by atoms with Gasteiger partial charge in [-0.3, -0.25) is 4.79 Å². The quantitative estimate of drug-likeness (QED) is 0.900. The van der Waals surface area contributed by atoms with Crippen LogP contribution in [0.2, 0.25) is 0 Å². The van der Waals surface area contributed by atoms with E-state index in [1.165, 1.54) is 5.56 Å². The van der Waals surface area contributed by atoms with Gasteiger partial charge in [-0.25, -0.2) is 0 Å². The number of hydrogen-bond donors (Lipinski definition) is 1. The molecule has 1 fully saturated rings. The van der Waals surface area contributed by atoms with Gasteiger partial charge >= 0.3 is 0 Å². The normalized spacial score (nSPS) is 22.2. The smallest absolute Gasteiger partial charge is 0.245 e. The molecule has 2 heterocycles. The highest BCUT2D eigenvalue weighted by atomic mass is 32.2. The molecule has 1 unspecified atom stereocenters. The van der Waals surface area contributed by atoms with Gasteiger partial charge in [0.2, 0.25) is 5.91 Å². The number of rotatable bonds is 2. The molecule has 4 nitrogen and oxygen atoms in total. The predicted molar refractivity (Wildman–Crippen MR) is 82.8 cm³/mol. The number of fused-ring (bicyclic) bond motifs is 1. The number of nitrogens with zero attached hydrogens (tertiary/aromatic N) is 1. The van der Waals surface area contributed by atoms with Gasteiger partial charge < -0.3 is 15.0 Å². The van der Waals surface area contributed by atoms with E-state index in [-0.39, 0.29) is 11.9 Å². The zero-order valence-electron chi connectivity index (χ0n) is 11.7. The number of methoxy groups -OCH3 is 1. The summed E-state index contributed by atoms with van der Waals surface area (Å²) in [4.78, 5) is 14.7. The molecule has 3 rings (SSSR count). The van der Waals surface area contributed by atoms with Crippen molar-refractivity contribution < 1.29 is 9.53 Å². The monoisotopic (exact) mass is 292 g/mol. The van der Waals surface area contributed by atoms with Crippen molar-refractivity contribution in [2.45, 2.75) is 18.9 Å². The third-order valence-electron chi connectivity index (χ3n) is 3.89. The molecule has 0 aromatic heterocycles. The summed E-state index contributed by atoms with van der Waals surface area (Å²) in [5, 5.41) is 3.33. The predicted octanol–water partition coefficient (Wildman–Crippen LogP) is 1.68. The van der Waals surface area contributed by atoms with E-state index in [2.05, 4.69) is 11.4 Å². The Morgan fingerprint density at radius 1 is 1.50 bits per heavy atom. The number of hydrogen-bond acceptors (Lipinski definition) is 4. The summed E-state index contributed by atoms with van der Waals surface area (Å²) in [7, 11) is 1.67. The highest BCUT2D eigenvalue weighted by Gasteiger charge is 2.31. The number of anilines is 1. The van der Waals surface area contributed by atoms with Crippen LogP contribution in [0.25, 0.3) is 0 Å². The Balaban J connectivity index is 1.90. The maximum Gasteiger partial charge on any atom is 0.245 e. The van der Waals surface area contributed by atoms with Crippen LogP contribution in [0.5, 0.6) is 5.75 Å². The summed E-state index contributed by atoms with van der Waals surface area (Å²) in [5.74, 6) is 2.94. The summed E-state index contributed by atoms with van der Waals surface area (Å²) < 4.78 is 5.46. The average Bonchev–Trinajstić information content (AvgIpc) is 2.53. The van der Waals surface area contributed by atoms with Gasteiger partial charge in [-0.15, -0.1) is 0 Å². The number of carbonyl (C=O) groups excluding carboxylic acids is 1. The van der Waals surface area contributed by atoms with Gasteiger partial charge in [-0.1, -0.05) is 12.1 Å². The van der Waals surface area contributed by atoms with Crippen LogP contribution in [0.15, 0.2) is 18.2 Å². The number of benzene rings is 1. The molecule has 1 amide bonds. The van der Waals surface area contributed by atoms with Crippen molar-refractivity contribution in [2.24, 2.45) is 0 Å². The van der Waals surface area contributed by atoms with Crippen LogP contribution in [0.4, 0.5) is 5.69 Å². The summed E-state index contributed by atoms with van der Waals surface area (Å²) in [6.45, 7) is 1.70. The molecule has 1 aromatic carbocycles. The van der Waals surface area contributed by atoms with Crippen LogP contribution in [0.1, 0.15) is 12.0 Å². The highest BCUT2D eigenvalue weighted by Crippen LogP contribution is 2.36. The number of nitrogens with one attached hydrogen (secondary N) is 1. The van der Waals surface area contributed by atoms with Crippen molar-refractivity contribution in [3.8, 4) is 5.75 Å². The van der Waals surface area contributed by atoms with Crippen LogP contribution in [-0.2, 0) is 11.2 Å². The van der Waals surface area contributed by atoms with E-state index < -0.39 is 0 Å². The lowest BCUT2D eigenvalue weighted by atomic mass is 10.00. The second-order valence-corrected chi connectivity index (χ2v) is 6.29. The van der Waals surface area contributed by atoms with E-state index in [4.69, 9.17) is 4.74 Å². The van der Waals surface area contributed by atoms with Gasteiger partial charge in [-0.05, 0) is 24.5 Å². The third kappa shape index (κ3) is 2.52. The number of thioether (sulfide) groups is 1. The van der Waals surface area contributed by atoms with Crippen LogP contribution in [-0.4, -0.2) is 43.7 Å². The molecule has 1 aromatic rings. The minimum atomic E-state index is -0.0652. The summed E-state index contributed by atoms with van der Waals surface area (Å²) in [6.07, 6.45) is 2.04. The van der Waals surface area contributed by atoms with E-state index in [9.17, 15) is 4.79 Å². The molecular weight excluding hydrogens is 272 g/mol. The topological polar surface area (TPSA) is 41.6 Å². The van der Waals surface area contributed by atoms with Crippen molar-refractivity contribution in [1.29, 1.82) is 0 Å². The Morgan fingerprint density at radius 2 is 2.40 bits per heavy atom. The van der Waals surface area contributed by atoms with E-state index in [1.807, 2.05) is 28.8 Å². The van der Waals surface area contributed by atoms with E-state index in [1.54, 1.807) is 7.11 Å². The molecule has 108 valence electrons. The standard InChI is InChI=1S/C15H20N2O2S/c1-19-13-6-2-4-11-5-3-8-17(14(11)13)15(18)12-10-20-9-7-16-12/h2,4,6,12,16H,3,5,7-10H2,1H3. The highest BCUT2D eigenvalue weighted by molar-refractivity contribution is 7.99. The van der Waals surface area contributed by atoms with E-state index in [0.717, 1.165) is 48.9 Å². The number of aryl methyl sites for hydroxylation is 1. The Kier molecular flexibility index (Phi) is 4.17. The first-order valence-electron chi connectivity index (χ1n) is 7.09. The van der Waals surface area contributed by atoms with E-state index >= 15 is 0 Å². The number of ether oxygens (including phenoxy) is 1. The molecule has 0 radical (unpaired) electrons. The molecule has 5 heteroatoms. The van der Waals surface area contributed by atoms with E-state index in [0.29, 0.717) is 0 Å². The molecule has 2 aliphatic rings. The van der Waals surface area contributed by atoms with Gasteiger partial charge in [0.1, 0.15) is 5.75 Å². The Labute approximate surface area is 123 Å². The summed E-state index contributed by atoms with van der Waals surface area (Å²) >= 11 is 1.85. The molecule has 2 aliphatic heterocycles. The van der Waals surface area contributed by atoms with Crippen LogP contribution >= 0.6 is 11.8 Å². The number of para-hydroxylation sites is 1. The van der Waals surface area contributed by atoms with Gasteiger partial charge in [0.25, 0.3) is 0 Å². The number of amides is 1. The van der Waals surface area contributed by atoms with Crippen LogP contribution < -0.4 is 15.0 Å². The fourth-order valence-corrected chi connectivity index (χ4v) is 3.84. The van der Waals surface area contributed by atoms with Crippen molar-refractivity contribution in [3.63, 3.8) is 0 Å². The van der Waals surface area contributed by atoms with Crippen molar-refractivity contribution in [1.82, 2.24) is 5.32 Å². The van der Waals surface area contributed by atoms with Crippen LogP contribution in [0.3, 0.4) is 0 Å². The van der Waals surface area contributed by atoms with Gasteiger partial charge in [-0.2, -0.15) is 11.8 Å². The SMILES string of the molecule is COc1cccc2c1N(C(=O)C1CSCCN1)CCC2. The molecule has 0 spiro atoms. The second kappa shape index (κ2) is 6.06. The molecule has 0 bridgehead atoms. The number of carbonyl (C=O) groups is 1. The zero-order chi connectivity index (χ0) is 13.9. The van der Waals surface area contributed by atoms with Crippen molar-refractivity contribution in [2.75, 3.05) is 36.6 Å². The van der Waals surface area contributed by atoms with Gasteiger partial charge in [0, 0.05) is 24.6 Å². The minimum Gasteiger partial charge on any atom is -0.495 e. The second-order valence-electron chi connectivity index (χ2n) is 5.14. The van der Waals surface area contributed by atoms with Gasteiger partial charge in [0.05, 0.1) is 18.8 Å². The first-order valence-corrected chi connectivity index (χ1v) is 8.25. The maximum absolute atomic E-state index is 12.8. The average molecular weight is 292 g/mol. The first kappa shape index (κ1) is 13.8. The molecule has 1 saturated heterocycles. The Bertz CT molecular complexity index is 486. The third-order valence-corrected chi connectivity index (χ3v) is 4.95. The van der Waals surface area contributed by atoms with Gasteiger partial charge in [0.15, 0.2) is 0 Å². The molecule has 20 heavy (non-hydrogen) atoms. The summed E-state index contributed by atoms with van der Waals surface area (Å²) in [5.41, 5.74) is 2.19.